The molecule has 112 valence electrons. The fourth-order valence-electron chi connectivity index (χ4n) is 2.77. The third-order valence-electron chi connectivity index (χ3n) is 4.09. The summed E-state index contributed by atoms with van der Waals surface area (Å²) in [6.07, 6.45) is 10.4. The molecular formula is C15H31N3O. The second-order valence-electron chi connectivity index (χ2n) is 5.72. The Kier molecular flexibility index (Phi) is 8.84. The molecule has 0 aliphatic heterocycles. The van der Waals surface area contributed by atoms with Crippen molar-refractivity contribution in [3.8, 4) is 0 Å². The van der Waals surface area contributed by atoms with Crippen molar-refractivity contribution in [1.82, 2.24) is 10.2 Å². The molecule has 4 heteroatoms. The molecule has 1 aliphatic carbocycles. The zero-order chi connectivity index (χ0) is 13.9. The first-order valence-corrected chi connectivity index (χ1v) is 7.91. The van der Waals surface area contributed by atoms with E-state index in [1.165, 1.54) is 25.7 Å². The van der Waals surface area contributed by atoms with Crippen LogP contribution in [0.2, 0.25) is 0 Å². The number of rotatable bonds is 10. The minimum absolute atomic E-state index is 0.201. The quantitative estimate of drug-likeness (QED) is 0.595. The average molecular weight is 269 g/mol. The van der Waals surface area contributed by atoms with Crippen molar-refractivity contribution in [2.75, 3.05) is 26.7 Å². The Morgan fingerprint density at radius 2 is 1.89 bits per heavy atom. The van der Waals surface area contributed by atoms with Gasteiger partial charge in [-0.25, -0.2) is 0 Å². The van der Waals surface area contributed by atoms with Gasteiger partial charge in [-0.3, -0.25) is 4.79 Å². The van der Waals surface area contributed by atoms with Crippen LogP contribution in [0.1, 0.15) is 57.8 Å². The first-order valence-electron chi connectivity index (χ1n) is 7.91. The first kappa shape index (κ1) is 16.4. The Morgan fingerprint density at radius 1 is 1.21 bits per heavy atom. The number of likely N-dealkylation sites (N-methyl/N-ethyl adjacent to an activating group) is 1. The summed E-state index contributed by atoms with van der Waals surface area (Å²) < 4.78 is 0. The highest BCUT2D eigenvalue weighted by Crippen LogP contribution is 2.21. The normalized spacial score (nSPS) is 16.2. The zero-order valence-electron chi connectivity index (χ0n) is 12.5. The number of amides is 1. The average Bonchev–Trinajstić information content (AvgIpc) is 2.92. The van der Waals surface area contributed by atoms with Crippen LogP contribution < -0.4 is 11.1 Å². The molecule has 0 spiro atoms. The van der Waals surface area contributed by atoms with E-state index >= 15 is 0 Å². The van der Waals surface area contributed by atoms with Crippen molar-refractivity contribution in [1.29, 1.82) is 0 Å². The summed E-state index contributed by atoms with van der Waals surface area (Å²) in [4.78, 5) is 14.0. The molecule has 1 amide bonds. The van der Waals surface area contributed by atoms with Crippen LogP contribution in [-0.2, 0) is 4.79 Å². The number of hydrogen-bond acceptors (Lipinski definition) is 3. The van der Waals surface area contributed by atoms with Gasteiger partial charge in [-0.2, -0.15) is 0 Å². The molecule has 4 nitrogen and oxygen atoms in total. The monoisotopic (exact) mass is 269 g/mol. The van der Waals surface area contributed by atoms with E-state index in [-0.39, 0.29) is 5.91 Å². The van der Waals surface area contributed by atoms with Gasteiger partial charge >= 0.3 is 0 Å². The Labute approximate surface area is 118 Å². The number of carbonyl (C=O) groups excluding carboxylic acids is 1. The van der Waals surface area contributed by atoms with Crippen LogP contribution in [0.15, 0.2) is 0 Å². The van der Waals surface area contributed by atoms with Crippen LogP contribution in [0.3, 0.4) is 0 Å². The van der Waals surface area contributed by atoms with Crippen LogP contribution >= 0.6 is 0 Å². The maximum absolute atomic E-state index is 11.6. The summed E-state index contributed by atoms with van der Waals surface area (Å²) in [6, 6.07) is 0.744. The Morgan fingerprint density at radius 3 is 2.58 bits per heavy atom. The van der Waals surface area contributed by atoms with Crippen LogP contribution in [0.5, 0.6) is 0 Å². The second kappa shape index (κ2) is 10.2. The molecule has 19 heavy (non-hydrogen) atoms. The third-order valence-corrected chi connectivity index (χ3v) is 4.09. The summed E-state index contributed by atoms with van der Waals surface area (Å²) in [6.45, 7) is 2.53. The van der Waals surface area contributed by atoms with Gasteiger partial charge in [0.15, 0.2) is 0 Å². The fourth-order valence-corrected chi connectivity index (χ4v) is 2.77. The van der Waals surface area contributed by atoms with Crippen molar-refractivity contribution >= 4 is 5.91 Å². The Balaban J connectivity index is 1.94. The van der Waals surface area contributed by atoms with Crippen molar-refractivity contribution in [3.05, 3.63) is 0 Å². The third kappa shape index (κ3) is 7.53. The predicted molar refractivity (Wildman–Crippen MR) is 80.0 cm³/mol. The molecule has 1 saturated carbocycles. The number of hydrogen-bond donors (Lipinski definition) is 2. The molecule has 0 atom stereocenters. The van der Waals surface area contributed by atoms with Gasteiger partial charge in [-0.1, -0.05) is 25.7 Å². The zero-order valence-corrected chi connectivity index (χ0v) is 12.5. The molecule has 1 aliphatic rings. The number of nitrogens with two attached hydrogens (primary N) is 1. The SMILES string of the molecule is CN(CCNC(=O)CCCCCCN)C1CCCC1. The first-order chi connectivity index (χ1) is 9.24. The largest absolute Gasteiger partial charge is 0.355 e. The molecule has 3 N–H and O–H groups in total. The maximum atomic E-state index is 11.6. The van der Waals surface area contributed by atoms with Crippen molar-refractivity contribution < 1.29 is 4.79 Å². The highest BCUT2D eigenvalue weighted by molar-refractivity contribution is 5.75. The van der Waals surface area contributed by atoms with E-state index < -0.39 is 0 Å². The molecule has 0 saturated heterocycles. The van der Waals surface area contributed by atoms with Crippen molar-refractivity contribution in [2.45, 2.75) is 63.8 Å². The lowest BCUT2D eigenvalue weighted by Gasteiger charge is -2.23. The van der Waals surface area contributed by atoms with E-state index in [9.17, 15) is 4.79 Å². The number of nitrogens with zero attached hydrogens (tertiary/aromatic N) is 1. The number of unbranched alkanes of at least 4 members (excludes halogenated alkanes) is 3. The van der Waals surface area contributed by atoms with E-state index in [4.69, 9.17) is 5.73 Å². The van der Waals surface area contributed by atoms with Crippen LogP contribution in [-0.4, -0.2) is 43.5 Å². The Hall–Kier alpha value is -0.610. The Bertz CT molecular complexity index is 240. The minimum atomic E-state index is 0.201. The van der Waals surface area contributed by atoms with E-state index in [1.54, 1.807) is 0 Å². The predicted octanol–water partition coefficient (Wildman–Crippen LogP) is 1.89. The molecular weight excluding hydrogens is 238 g/mol. The standard InChI is InChI=1S/C15H31N3O/c1-18(14-8-5-6-9-14)13-12-17-15(19)10-4-2-3-7-11-16/h14H,2-13,16H2,1H3,(H,17,19). The smallest absolute Gasteiger partial charge is 0.220 e. The molecule has 0 aromatic carbocycles. The summed E-state index contributed by atoms with van der Waals surface area (Å²) in [5, 5.41) is 3.02. The highest BCUT2D eigenvalue weighted by Gasteiger charge is 2.18. The summed E-state index contributed by atoms with van der Waals surface area (Å²) in [5.41, 5.74) is 5.43. The van der Waals surface area contributed by atoms with E-state index in [0.29, 0.717) is 6.42 Å². The number of nitrogens with one attached hydrogen (secondary N) is 1. The molecule has 0 aromatic heterocycles. The van der Waals surface area contributed by atoms with E-state index in [2.05, 4.69) is 17.3 Å². The van der Waals surface area contributed by atoms with Gasteiger partial charge in [0, 0.05) is 25.6 Å². The van der Waals surface area contributed by atoms with Gasteiger partial charge in [-0.05, 0) is 39.3 Å². The summed E-state index contributed by atoms with van der Waals surface area (Å²) >= 11 is 0. The molecule has 1 rings (SSSR count). The minimum Gasteiger partial charge on any atom is -0.355 e. The summed E-state index contributed by atoms with van der Waals surface area (Å²) in [7, 11) is 2.18. The van der Waals surface area contributed by atoms with Gasteiger partial charge in [0.2, 0.25) is 5.91 Å². The van der Waals surface area contributed by atoms with Crippen molar-refractivity contribution in [3.63, 3.8) is 0 Å². The fraction of sp³-hybridized carbons (Fsp3) is 0.933. The highest BCUT2D eigenvalue weighted by atomic mass is 16.1. The number of carbonyl (C=O) groups is 1. The van der Waals surface area contributed by atoms with Gasteiger partial charge in [0.05, 0.1) is 0 Å². The topological polar surface area (TPSA) is 58.4 Å². The van der Waals surface area contributed by atoms with Gasteiger partial charge in [0.1, 0.15) is 0 Å². The lowest BCUT2D eigenvalue weighted by molar-refractivity contribution is -0.121. The molecule has 0 heterocycles. The second-order valence-corrected chi connectivity index (χ2v) is 5.72. The molecule has 0 unspecified atom stereocenters. The van der Waals surface area contributed by atoms with E-state index in [0.717, 1.165) is 51.4 Å². The molecule has 1 fully saturated rings. The maximum Gasteiger partial charge on any atom is 0.220 e. The lowest BCUT2D eigenvalue weighted by Crippen LogP contribution is -2.37. The van der Waals surface area contributed by atoms with Crippen molar-refractivity contribution in [2.24, 2.45) is 5.73 Å². The van der Waals surface area contributed by atoms with Crippen LogP contribution in [0, 0.1) is 0 Å². The molecule has 0 bridgehead atoms. The van der Waals surface area contributed by atoms with Gasteiger partial charge in [-0.15, -0.1) is 0 Å². The van der Waals surface area contributed by atoms with Gasteiger partial charge in [0.25, 0.3) is 0 Å². The molecule has 0 radical (unpaired) electrons. The lowest BCUT2D eigenvalue weighted by atomic mass is 10.1. The van der Waals surface area contributed by atoms with Crippen LogP contribution in [0.4, 0.5) is 0 Å². The van der Waals surface area contributed by atoms with Crippen LogP contribution in [0.25, 0.3) is 0 Å². The van der Waals surface area contributed by atoms with E-state index in [1.807, 2.05) is 0 Å². The summed E-state index contributed by atoms with van der Waals surface area (Å²) in [5.74, 6) is 0.201. The molecule has 0 aromatic rings. The van der Waals surface area contributed by atoms with Gasteiger partial charge < -0.3 is 16.0 Å².